The highest BCUT2D eigenvalue weighted by Gasteiger charge is 2.37. The Morgan fingerprint density at radius 1 is 1.50 bits per heavy atom. The van der Waals surface area contributed by atoms with Crippen LogP contribution in [0.2, 0.25) is 0 Å². The maximum Gasteiger partial charge on any atom is 0.152 e. The van der Waals surface area contributed by atoms with Gasteiger partial charge in [-0.05, 0) is 32.2 Å². The molecule has 0 amide bonds. The SMILES string of the molecule is CCCC(=O)C1(CC)CCCN1. The monoisotopic (exact) mass is 169 g/mol. The molecule has 0 aliphatic carbocycles. The lowest BCUT2D eigenvalue weighted by molar-refractivity contribution is -0.125. The van der Waals surface area contributed by atoms with Crippen molar-refractivity contribution >= 4 is 5.78 Å². The van der Waals surface area contributed by atoms with Crippen LogP contribution in [-0.2, 0) is 4.79 Å². The quantitative estimate of drug-likeness (QED) is 0.696. The van der Waals surface area contributed by atoms with E-state index in [2.05, 4.69) is 19.2 Å². The second kappa shape index (κ2) is 4.04. The van der Waals surface area contributed by atoms with Crippen molar-refractivity contribution in [3.05, 3.63) is 0 Å². The summed E-state index contributed by atoms with van der Waals surface area (Å²) in [6, 6.07) is 0. The maximum atomic E-state index is 11.7. The Kier molecular flexibility index (Phi) is 3.27. The van der Waals surface area contributed by atoms with Crippen LogP contribution in [0, 0.1) is 0 Å². The first-order valence-corrected chi connectivity index (χ1v) is 5.03. The van der Waals surface area contributed by atoms with Gasteiger partial charge in [0, 0.05) is 6.42 Å². The summed E-state index contributed by atoms with van der Waals surface area (Å²) in [6.45, 7) is 5.19. The van der Waals surface area contributed by atoms with Crippen molar-refractivity contribution in [1.29, 1.82) is 0 Å². The summed E-state index contributed by atoms with van der Waals surface area (Å²) in [7, 11) is 0. The van der Waals surface area contributed by atoms with Crippen LogP contribution in [0.15, 0.2) is 0 Å². The van der Waals surface area contributed by atoms with E-state index < -0.39 is 0 Å². The fourth-order valence-corrected chi connectivity index (χ4v) is 2.01. The first-order chi connectivity index (χ1) is 5.75. The van der Waals surface area contributed by atoms with Gasteiger partial charge in [-0.1, -0.05) is 13.8 Å². The van der Waals surface area contributed by atoms with Crippen LogP contribution in [-0.4, -0.2) is 17.9 Å². The van der Waals surface area contributed by atoms with Gasteiger partial charge in [-0.15, -0.1) is 0 Å². The first kappa shape index (κ1) is 9.72. The lowest BCUT2D eigenvalue weighted by atomic mass is 9.87. The fourth-order valence-electron chi connectivity index (χ4n) is 2.01. The number of hydrogen-bond acceptors (Lipinski definition) is 2. The zero-order valence-electron chi connectivity index (χ0n) is 8.15. The zero-order valence-corrected chi connectivity index (χ0v) is 8.15. The molecule has 12 heavy (non-hydrogen) atoms. The van der Waals surface area contributed by atoms with Gasteiger partial charge in [0.25, 0.3) is 0 Å². The van der Waals surface area contributed by atoms with Crippen LogP contribution >= 0.6 is 0 Å². The molecule has 0 aromatic carbocycles. The van der Waals surface area contributed by atoms with Gasteiger partial charge in [-0.25, -0.2) is 0 Å². The van der Waals surface area contributed by atoms with Crippen LogP contribution in [0.4, 0.5) is 0 Å². The van der Waals surface area contributed by atoms with Crippen molar-refractivity contribution in [3.8, 4) is 0 Å². The molecule has 0 aromatic heterocycles. The van der Waals surface area contributed by atoms with E-state index in [-0.39, 0.29) is 5.54 Å². The second-order valence-electron chi connectivity index (χ2n) is 3.64. The van der Waals surface area contributed by atoms with Crippen LogP contribution in [0.3, 0.4) is 0 Å². The van der Waals surface area contributed by atoms with Crippen molar-refractivity contribution in [3.63, 3.8) is 0 Å². The standard InChI is InChI=1S/C10H19NO/c1-3-6-9(12)10(4-2)7-5-8-11-10/h11H,3-8H2,1-2H3. The molecule has 2 nitrogen and oxygen atoms in total. The molecule has 0 aromatic rings. The molecular formula is C10H19NO. The van der Waals surface area contributed by atoms with Gasteiger partial charge in [0.1, 0.15) is 0 Å². The number of carbonyl (C=O) groups is 1. The fraction of sp³-hybridized carbons (Fsp3) is 0.900. The minimum absolute atomic E-state index is 0.143. The Balaban J connectivity index is 2.59. The Morgan fingerprint density at radius 3 is 2.67 bits per heavy atom. The highest BCUT2D eigenvalue weighted by molar-refractivity contribution is 5.88. The molecule has 0 spiro atoms. The van der Waals surface area contributed by atoms with E-state index >= 15 is 0 Å². The number of ketones is 1. The van der Waals surface area contributed by atoms with Gasteiger partial charge in [0.15, 0.2) is 5.78 Å². The zero-order chi connectivity index (χ0) is 9.03. The number of Topliss-reactive ketones (excluding diaryl/α,β-unsaturated/α-hetero) is 1. The summed E-state index contributed by atoms with van der Waals surface area (Å²) in [5, 5.41) is 3.35. The van der Waals surface area contributed by atoms with Crippen LogP contribution in [0.25, 0.3) is 0 Å². The highest BCUT2D eigenvalue weighted by atomic mass is 16.1. The molecule has 1 fully saturated rings. The van der Waals surface area contributed by atoms with Crippen molar-refractivity contribution < 1.29 is 4.79 Å². The summed E-state index contributed by atoms with van der Waals surface area (Å²) >= 11 is 0. The molecule has 1 atom stereocenters. The highest BCUT2D eigenvalue weighted by Crippen LogP contribution is 2.25. The average molecular weight is 169 g/mol. The molecular weight excluding hydrogens is 150 g/mol. The normalized spacial score (nSPS) is 29.2. The summed E-state index contributed by atoms with van der Waals surface area (Å²) < 4.78 is 0. The van der Waals surface area contributed by atoms with E-state index in [1.54, 1.807) is 0 Å². The van der Waals surface area contributed by atoms with Crippen molar-refractivity contribution in [2.24, 2.45) is 0 Å². The summed E-state index contributed by atoms with van der Waals surface area (Å²) in [4.78, 5) is 11.7. The number of nitrogens with one attached hydrogen (secondary N) is 1. The van der Waals surface area contributed by atoms with Crippen LogP contribution < -0.4 is 5.32 Å². The predicted octanol–water partition coefficient (Wildman–Crippen LogP) is 1.89. The number of carbonyl (C=O) groups excluding carboxylic acids is 1. The molecule has 1 saturated heterocycles. The molecule has 0 radical (unpaired) electrons. The Morgan fingerprint density at radius 2 is 2.25 bits per heavy atom. The van der Waals surface area contributed by atoms with Crippen LogP contribution in [0.1, 0.15) is 46.0 Å². The van der Waals surface area contributed by atoms with E-state index in [0.717, 1.165) is 38.6 Å². The molecule has 2 heteroatoms. The lowest BCUT2D eigenvalue weighted by Crippen LogP contribution is -2.46. The molecule has 1 unspecified atom stereocenters. The first-order valence-electron chi connectivity index (χ1n) is 5.03. The van der Waals surface area contributed by atoms with E-state index in [0.29, 0.717) is 5.78 Å². The number of hydrogen-bond donors (Lipinski definition) is 1. The lowest BCUT2D eigenvalue weighted by Gasteiger charge is -2.26. The molecule has 1 aliphatic rings. The molecule has 70 valence electrons. The molecule has 0 saturated carbocycles. The second-order valence-corrected chi connectivity index (χ2v) is 3.64. The van der Waals surface area contributed by atoms with Crippen molar-refractivity contribution in [1.82, 2.24) is 5.32 Å². The third kappa shape index (κ3) is 1.69. The third-order valence-corrected chi connectivity index (χ3v) is 2.86. The molecule has 1 heterocycles. The number of rotatable bonds is 4. The minimum atomic E-state index is -0.143. The summed E-state index contributed by atoms with van der Waals surface area (Å²) in [6.07, 6.45) is 4.86. The Labute approximate surface area is 74.7 Å². The van der Waals surface area contributed by atoms with Crippen molar-refractivity contribution in [2.75, 3.05) is 6.54 Å². The topological polar surface area (TPSA) is 29.1 Å². The van der Waals surface area contributed by atoms with Gasteiger partial charge in [-0.2, -0.15) is 0 Å². The van der Waals surface area contributed by atoms with Gasteiger partial charge >= 0.3 is 0 Å². The van der Waals surface area contributed by atoms with E-state index in [1.807, 2.05) is 0 Å². The average Bonchev–Trinajstić information content (AvgIpc) is 2.54. The van der Waals surface area contributed by atoms with Gasteiger partial charge in [-0.3, -0.25) is 4.79 Å². The van der Waals surface area contributed by atoms with E-state index in [9.17, 15) is 4.79 Å². The predicted molar refractivity (Wildman–Crippen MR) is 50.2 cm³/mol. The molecule has 1 rings (SSSR count). The van der Waals surface area contributed by atoms with Gasteiger partial charge in [0.05, 0.1) is 5.54 Å². The van der Waals surface area contributed by atoms with E-state index in [1.165, 1.54) is 0 Å². The van der Waals surface area contributed by atoms with Crippen molar-refractivity contribution in [2.45, 2.75) is 51.5 Å². The largest absolute Gasteiger partial charge is 0.305 e. The molecule has 1 N–H and O–H groups in total. The molecule has 1 aliphatic heterocycles. The smallest absolute Gasteiger partial charge is 0.152 e. The van der Waals surface area contributed by atoms with E-state index in [4.69, 9.17) is 0 Å². The third-order valence-electron chi connectivity index (χ3n) is 2.86. The van der Waals surface area contributed by atoms with Gasteiger partial charge in [0.2, 0.25) is 0 Å². The molecule has 0 bridgehead atoms. The Hall–Kier alpha value is -0.370. The maximum absolute atomic E-state index is 11.7. The summed E-state index contributed by atoms with van der Waals surface area (Å²) in [5.74, 6) is 0.421. The van der Waals surface area contributed by atoms with Gasteiger partial charge < -0.3 is 5.32 Å². The Bertz CT molecular complexity index is 159. The van der Waals surface area contributed by atoms with Crippen LogP contribution in [0.5, 0.6) is 0 Å². The summed E-state index contributed by atoms with van der Waals surface area (Å²) in [5.41, 5.74) is -0.143. The minimum Gasteiger partial charge on any atom is -0.305 e.